The van der Waals surface area contributed by atoms with Crippen LogP contribution in [-0.2, 0) is 11.2 Å². The Morgan fingerprint density at radius 3 is 2.70 bits per heavy atom. The predicted molar refractivity (Wildman–Crippen MR) is 85.3 cm³/mol. The highest BCUT2D eigenvalue weighted by Gasteiger charge is 2.17. The largest absolute Gasteiger partial charge is 0.298 e. The molecule has 0 bridgehead atoms. The van der Waals surface area contributed by atoms with Crippen molar-refractivity contribution >= 4 is 17.5 Å². The maximum Gasteiger partial charge on any atom is 0.148 e. The van der Waals surface area contributed by atoms with Gasteiger partial charge in [-0.1, -0.05) is 40.0 Å². The molecule has 0 saturated heterocycles. The lowest BCUT2D eigenvalue weighted by Crippen LogP contribution is -2.16. The SMILES string of the molecule is CC(C)(C)SCC(=O)Cc1ccn(C2CCCCC2)n1. The number of carbonyl (C=O) groups is 1. The van der Waals surface area contributed by atoms with E-state index < -0.39 is 0 Å². The Labute approximate surface area is 126 Å². The van der Waals surface area contributed by atoms with Crippen molar-refractivity contribution in [3.05, 3.63) is 18.0 Å². The Morgan fingerprint density at radius 2 is 2.05 bits per heavy atom. The van der Waals surface area contributed by atoms with E-state index in [1.165, 1.54) is 32.1 Å². The minimum absolute atomic E-state index is 0.150. The van der Waals surface area contributed by atoms with Crippen LogP contribution >= 0.6 is 11.8 Å². The number of ketones is 1. The molecule has 1 aliphatic rings. The number of thioether (sulfide) groups is 1. The van der Waals surface area contributed by atoms with Crippen LogP contribution in [0.25, 0.3) is 0 Å². The Kier molecular flexibility index (Phi) is 5.30. The van der Waals surface area contributed by atoms with E-state index in [2.05, 4.69) is 36.7 Å². The first kappa shape index (κ1) is 15.6. The van der Waals surface area contributed by atoms with Gasteiger partial charge in [-0.2, -0.15) is 5.10 Å². The molecule has 0 atom stereocenters. The van der Waals surface area contributed by atoms with Gasteiger partial charge >= 0.3 is 0 Å². The van der Waals surface area contributed by atoms with E-state index in [1.807, 2.05) is 6.07 Å². The summed E-state index contributed by atoms with van der Waals surface area (Å²) in [5, 5.41) is 4.60. The van der Waals surface area contributed by atoms with Crippen LogP contribution < -0.4 is 0 Å². The third-order valence-corrected chi connectivity index (χ3v) is 4.99. The van der Waals surface area contributed by atoms with Crippen molar-refractivity contribution in [3.8, 4) is 0 Å². The predicted octanol–water partition coefficient (Wildman–Crippen LogP) is 4.03. The Bertz CT molecular complexity index is 442. The van der Waals surface area contributed by atoms with Gasteiger partial charge in [-0.25, -0.2) is 0 Å². The van der Waals surface area contributed by atoms with Crippen LogP contribution in [0.4, 0.5) is 0 Å². The average Bonchev–Trinajstić information content (AvgIpc) is 2.85. The van der Waals surface area contributed by atoms with Gasteiger partial charge in [0.1, 0.15) is 5.78 Å². The normalized spacial score (nSPS) is 17.4. The Hall–Kier alpha value is -0.770. The molecule has 1 saturated carbocycles. The first-order valence-corrected chi connectivity index (χ1v) is 8.62. The lowest BCUT2D eigenvalue weighted by atomic mass is 9.96. The molecular weight excluding hydrogens is 268 g/mol. The van der Waals surface area contributed by atoms with E-state index in [9.17, 15) is 4.79 Å². The summed E-state index contributed by atoms with van der Waals surface area (Å²) < 4.78 is 2.23. The molecule has 1 fully saturated rings. The molecule has 112 valence electrons. The molecule has 0 radical (unpaired) electrons. The van der Waals surface area contributed by atoms with Crippen LogP contribution in [0, 0.1) is 0 Å². The topological polar surface area (TPSA) is 34.9 Å². The molecule has 1 heterocycles. The second kappa shape index (κ2) is 6.79. The minimum Gasteiger partial charge on any atom is -0.298 e. The van der Waals surface area contributed by atoms with Crippen molar-refractivity contribution in [2.24, 2.45) is 0 Å². The molecule has 3 nitrogen and oxygen atoms in total. The zero-order valence-electron chi connectivity index (χ0n) is 12.9. The highest BCUT2D eigenvalue weighted by atomic mass is 32.2. The van der Waals surface area contributed by atoms with E-state index in [4.69, 9.17) is 0 Å². The summed E-state index contributed by atoms with van der Waals surface area (Å²) in [6, 6.07) is 2.56. The summed E-state index contributed by atoms with van der Waals surface area (Å²) in [5.41, 5.74) is 0.926. The van der Waals surface area contributed by atoms with Crippen molar-refractivity contribution in [1.82, 2.24) is 9.78 Å². The number of carbonyl (C=O) groups excluding carboxylic acids is 1. The zero-order valence-corrected chi connectivity index (χ0v) is 13.7. The van der Waals surface area contributed by atoms with E-state index in [0.717, 1.165) is 5.69 Å². The van der Waals surface area contributed by atoms with E-state index in [0.29, 0.717) is 18.2 Å². The first-order chi connectivity index (χ1) is 9.44. The fourth-order valence-electron chi connectivity index (χ4n) is 2.57. The van der Waals surface area contributed by atoms with Crippen LogP contribution in [-0.4, -0.2) is 26.1 Å². The Balaban J connectivity index is 1.84. The van der Waals surface area contributed by atoms with Gasteiger partial charge in [0.15, 0.2) is 0 Å². The maximum atomic E-state index is 12.0. The van der Waals surface area contributed by atoms with Crippen molar-refractivity contribution in [2.45, 2.75) is 70.1 Å². The minimum atomic E-state index is 0.150. The molecule has 1 aromatic rings. The Morgan fingerprint density at radius 1 is 1.35 bits per heavy atom. The summed E-state index contributed by atoms with van der Waals surface area (Å²) in [7, 11) is 0. The van der Waals surface area contributed by atoms with Crippen LogP contribution in [0.15, 0.2) is 12.3 Å². The molecule has 2 rings (SSSR count). The van der Waals surface area contributed by atoms with Crippen LogP contribution in [0.1, 0.15) is 64.6 Å². The first-order valence-electron chi connectivity index (χ1n) is 7.64. The summed E-state index contributed by atoms with van der Waals surface area (Å²) >= 11 is 1.71. The fraction of sp³-hybridized carbons (Fsp3) is 0.750. The van der Waals surface area contributed by atoms with Crippen molar-refractivity contribution < 1.29 is 4.79 Å². The van der Waals surface area contributed by atoms with Gasteiger partial charge in [0.05, 0.1) is 23.9 Å². The molecule has 1 aliphatic carbocycles. The zero-order chi connectivity index (χ0) is 14.6. The summed E-state index contributed by atoms with van der Waals surface area (Å²) in [6.45, 7) is 6.42. The van der Waals surface area contributed by atoms with Crippen molar-refractivity contribution in [3.63, 3.8) is 0 Å². The summed E-state index contributed by atoms with van der Waals surface area (Å²) in [4.78, 5) is 12.0. The van der Waals surface area contributed by atoms with Gasteiger partial charge in [0.2, 0.25) is 0 Å². The van der Waals surface area contributed by atoms with Crippen LogP contribution in [0.2, 0.25) is 0 Å². The molecule has 0 aliphatic heterocycles. The molecule has 4 heteroatoms. The second-order valence-corrected chi connectivity index (χ2v) is 8.50. The third kappa shape index (κ3) is 4.97. The number of hydrogen-bond donors (Lipinski definition) is 0. The molecule has 0 amide bonds. The number of rotatable bonds is 5. The fourth-order valence-corrected chi connectivity index (χ4v) is 3.27. The quantitative estimate of drug-likeness (QED) is 0.822. The smallest absolute Gasteiger partial charge is 0.148 e. The number of hydrogen-bond acceptors (Lipinski definition) is 3. The molecular formula is C16H26N2OS. The number of aromatic nitrogens is 2. The lowest BCUT2D eigenvalue weighted by molar-refractivity contribution is -0.116. The third-order valence-electron chi connectivity index (χ3n) is 3.66. The standard InChI is InChI=1S/C16H26N2OS/c1-16(2,3)20-12-15(19)11-13-9-10-18(17-13)14-7-5-4-6-8-14/h9-10,14H,4-8,11-12H2,1-3H3. The van der Waals surface area contributed by atoms with Crippen LogP contribution in [0.5, 0.6) is 0 Å². The summed E-state index contributed by atoms with van der Waals surface area (Å²) in [6.07, 6.45) is 8.96. The second-order valence-electron chi connectivity index (χ2n) is 6.70. The molecule has 1 aromatic heterocycles. The molecule has 0 unspecified atom stereocenters. The van der Waals surface area contributed by atoms with Gasteiger partial charge in [-0.05, 0) is 18.9 Å². The van der Waals surface area contributed by atoms with Gasteiger partial charge in [0.25, 0.3) is 0 Å². The number of nitrogens with zero attached hydrogens (tertiary/aromatic N) is 2. The molecule has 0 aromatic carbocycles. The van der Waals surface area contributed by atoms with E-state index in [-0.39, 0.29) is 10.5 Å². The average molecular weight is 294 g/mol. The van der Waals surface area contributed by atoms with Crippen molar-refractivity contribution in [1.29, 1.82) is 0 Å². The van der Waals surface area contributed by atoms with E-state index >= 15 is 0 Å². The molecule has 0 N–H and O–H groups in total. The van der Waals surface area contributed by atoms with Crippen molar-refractivity contribution in [2.75, 3.05) is 5.75 Å². The summed E-state index contributed by atoms with van der Waals surface area (Å²) in [5.74, 6) is 0.860. The van der Waals surface area contributed by atoms with Gasteiger partial charge in [-0.15, -0.1) is 11.8 Å². The van der Waals surface area contributed by atoms with Gasteiger partial charge in [0, 0.05) is 10.9 Å². The monoisotopic (exact) mass is 294 g/mol. The van der Waals surface area contributed by atoms with Gasteiger partial charge in [-0.3, -0.25) is 9.48 Å². The lowest BCUT2D eigenvalue weighted by Gasteiger charge is -2.21. The van der Waals surface area contributed by atoms with E-state index in [1.54, 1.807) is 11.8 Å². The highest BCUT2D eigenvalue weighted by Crippen LogP contribution is 2.27. The highest BCUT2D eigenvalue weighted by molar-refractivity contribution is 8.01. The van der Waals surface area contributed by atoms with Crippen LogP contribution in [0.3, 0.4) is 0 Å². The maximum absolute atomic E-state index is 12.0. The van der Waals surface area contributed by atoms with Gasteiger partial charge < -0.3 is 0 Å². The number of Topliss-reactive ketones (excluding diaryl/α,β-unsaturated/α-hetero) is 1. The molecule has 0 spiro atoms. The molecule has 20 heavy (non-hydrogen) atoms.